The van der Waals surface area contributed by atoms with E-state index in [1.54, 1.807) is 0 Å². The number of nitrogens with two attached hydrogens (primary N) is 1. The number of rotatable bonds is 6. The average Bonchev–Trinajstić information content (AvgIpc) is 2.94. The zero-order valence-electron chi connectivity index (χ0n) is 11.5. The Balaban J connectivity index is 0.00000256. The molecule has 0 heterocycles. The Morgan fingerprint density at radius 1 is 1.41 bits per heavy atom. The summed E-state index contributed by atoms with van der Waals surface area (Å²) in [6.07, 6.45) is 3.35. The van der Waals surface area contributed by atoms with E-state index in [4.69, 9.17) is 5.73 Å². The largest absolute Gasteiger partial charge is 0.351 e. The Hall–Kier alpha value is -0.280. The van der Waals surface area contributed by atoms with Gasteiger partial charge in [-0.2, -0.15) is 0 Å². The Morgan fingerprint density at radius 2 is 1.94 bits per heavy atom. The number of carbonyl (C=O) groups is 1. The lowest BCUT2D eigenvalue weighted by Crippen LogP contribution is -2.47. The summed E-state index contributed by atoms with van der Waals surface area (Å²) in [4.78, 5) is 12.1. The molecule has 0 aromatic carbocycles. The van der Waals surface area contributed by atoms with Gasteiger partial charge in [-0.25, -0.2) is 0 Å². The topological polar surface area (TPSA) is 55.1 Å². The van der Waals surface area contributed by atoms with Crippen LogP contribution in [-0.4, -0.2) is 18.5 Å². The molecule has 0 aromatic rings. The minimum absolute atomic E-state index is 0. The maximum Gasteiger partial charge on any atom is 0.225 e. The standard InChI is InChI=1S/C13H26N2O.ClH/c1-9(2)7-13(3,4)12(16)15-11(8-14)10-5-6-10;/h9-11H,5-8,14H2,1-4H3,(H,15,16);1H. The number of carbonyl (C=O) groups excluding carboxylic acids is 1. The fraction of sp³-hybridized carbons (Fsp3) is 0.923. The SMILES string of the molecule is CC(C)CC(C)(C)C(=O)NC(CN)C1CC1.Cl. The van der Waals surface area contributed by atoms with Crippen molar-refractivity contribution in [3.63, 3.8) is 0 Å². The highest BCUT2D eigenvalue weighted by molar-refractivity contribution is 5.85. The molecule has 1 aliphatic carbocycles. The van der Waals surface area contributed by atoms with Crippen LogP contribution in [0.3, 0.4) is 0 Å². The fourth-order valence-electron chi connectivity index (χ4n) is 2.34. The third-order valence-electron chi connectivity index (χ3n) is 3.29. The molecule has 1 fully saturated rings. The van der Waals surface area contributed by atoms with Crippen molar-refractivity contribution in [3.8, 4) is 0 Å². The van der Waals surface area contributed by atoms with Gasteiger partial charge in [-0.3, -0.25) is 4.79 Å². The van der Waals surface area contributed by atoms with Crippen LogP contribution in [0.25, 0.3) is 0 Å². The second kappa shape index (κ2) is 6.60. The summed E-state index contributed by atoms with van der Waals surface area (Å²) in [6.45, 7) is 8.90. The van der Waals surface area contributed by atoms with Crippen molar-refractivity contribution in [3.05, 3.63) is 0 Å². The number of halogens is 1. The molecule has 0 saturated heterocycles. The normalized spacial score (nSPS) is 17.5. The second-order valence-corrected chi connectivity index (χ2v) is 6.13. The van der Waals surface area contributed by atoms with Crippen LogP contribution >= 0.6 is 12.4 Å². The van der Waals surface area contributed by atoms with E-state index in [0.29, 0.717) is 18.4 Å². The van der Waals surface area contributed by atoms with Gasteiger partial charge in [0.05, 0.1) is 0 Å². The van der Waals surface area contributed by atoms with Crippen molar-refractivity contribution in [2.24, 2.45) is 23.0 Å². The Morgan fingerprint density at radius 3 is 2.29 bits per heavy atom. The summed E-state index contributed by atoms with van der Waals surface area (Å²) in [6, 6.07) is 0.193. The Bertz CT molecular complexity index is 250. The van der Waals surface area contributed by atoms with Crippen LogP contribution in [-0.2, 0) is 4.79 Å². The van der Waals surface area contributed by atoms with Gasteiger partial charge in [0.2, 0.25) is 5.91 Å². The van der Waals surface area contributed by atoms with Gasteiger partial charge in [-0.05, 0) is 31.1 Å². The lowest BCUT2D eigenvalue weighted by atomic mass is 9.83. The van der Waals surface area contributed by atoms with Crippen molar-refractivity contribution in [2.45, 2.75) is 53.0 Å². The monoisotopic (exact) mass is 262 g/mol. The van der Waals surface area contributed by atoms with Gasteiger partial charge in [0.25, 0.3) is 0 Å². The number of amides is 1. The molecule has 1 aliphatic rings. The number of hydrogen-bond acceptors (Lipinski definition) is 2. The van der Waals surface area contributed by atoms with Crippen LogP contribution in [0.5, 0.6) is 0 Å². The molecule has 4 heteroatoms. The number of hydrogen-bond donors (Lipinski definition) is 2. The highest BCUT2D eigenvalue weighted by Crippen LogP contribution is 2.33. The quantitative estimate of drug-likeness (QED) is 0.772. The highest BCUT2D eigenvalue weighted by Gasteiger charge is 2.35. The Labute approximate surface area is 111 Å². The fourth-order valence-corrected chi connectivity index (χ4v) is 2.34. The van der Waals surface area contributed by atoms with E-state index in [1.807, 2.05) is 13.8 Å². The van der Waals surface area contributed by atoms with Gasteiger partial charge in [-0.1, -0.05) is 27.7 Å². The summed E-state index contributed by atoms with van der Waals surface area (Å²) in [5.74, 6) is 1.32. The predicted molar refractivity (Wildman–Crippen MR) is 74.2 cm³/mol. The van der Waals surface area contributed by atoms with Crippen molar-refractivity contribution in [2.75, 3.05) is 6.54 Å². The summed E-state index contributed by atoms with van der Waals surface area (Å²) < 4.78 is 0. The smallest absolute Gasteiger partial charge is 0.225 e. The molecule has 0 radical (unpaired) electrons. The van der Waals surface area contributed by atoms with Gasteiger partial charge in [0.1, 0.15) is 0 Å². The minimum Gasteiger partial charge on any atom is -0.351 e. The molecule has 17 heavy (non-hydrogen) atoms. The molecule has 1 unspecified atom stereocenters. The summed E-state index contributed by atoms with van der Waals surface area (Å²) in [7, 11) is 0. The first kappa shape index (κ1) is 16.7. The van der Waals surface area contributed by atoms with Crippen molar-refractivity contribution < 1.29 is 4.79 Å². The third kappa shape index (κ3) is 5.26. The van der Waals surface area contributed by atoms with Crippen LogP contribution < -0.4 is 11.1 Å². The summed E-state index contributed by atoms with van der Waals surface area (Å²) >= 11 is 0. The zero-order valence-corrected chi connectivity index (χ0v) is 12.3. The molecule has 1 saturated carbocycles. The molecule has 1 rings (SSSR count). The Kier molecular flexibility index (Phi) is 6.49. The molecule has 3 nitrogen and oxygen atoms in total. The highest BCUT2D eigenvalue weighted by atomic mass is 35.5. The second-order valence-electron chi connectivity index (χ2n) is 6.13. The van der Waals surface area contributed by atoms with E-state index >= 15 is 0 Å². The molecule has 0 aromatic heterocycles. The minimum atomic E-state index is -0.281. The molecular formula is C13H27ClN2O. The third-order valence-corrected chi connectivity index (χ3v) is 3.29. The lowest BCUT2D eigenvalue weighted by Gasteiger charge is -2.28. The van der Waals surface area contributed by atoms with E-state index in [1.165, 1.54) is 12.8 Å². The molecule has 0 spiro atoms. The summed E-state index contributed by atoms with van der Waals surface area (Å²) in [5, 5.41) is 3.11. The maximum atomic E-state index is 12.1. The molecular weight excluding hydrogens is 236 g/mol. The molecule has 0 aliphatic heterocycles. The van der Waals surface area contributed by atoms with Crippen LogP contribution in [0.2, 0.25) is 0 Å². The maximum absolute atomic E-state index is 12.1. The molecule has 0 bridgehead atoms. The van der Waals surface area contributed by atoms with Gasteiger partial charge >= 0.3 is 0 Å². The first-order chi connectivity index (χ1) is 7.36. The van der Waals surface area contributed by atoms with E-state index < -0.39 is 0 Å². The van der Waals surface area contributed by atoms with E-state index in [9.17, 15) is 4.79 Å². The first-order valence-electron chi connectivity index (χ1n) is 6.38. The van der Waals surface area contributed by atoms with Crippen molar-refractivity contribution in [1.29, 1.82) is 0 Å². The van der Waals surface area contributed by atoms with E-state index in [0.717, 1.165) is 6.42 Å². The summed E-state index contributed by atoms with van der Waals surface area (Å²) in [5.41, 5.74) is 5.41. The van der Waals surface area contributed by atoms with Crippen molar-refractivity contribution in [1.82, 2.24) is 5.32 Å². The van der Waals surface area contributed by atoms with Crippen LogP contribution in [0, 0.1) is 17.3 Å². The zero-order chi connectivity index (χ0) is 12.3. The van der Waals surface area contributed by atoms with Crippen molar-refractivity contribution >= 4 is 18.3 Å². The first-order valence-corrected chi connectivity index (χ1v) is 6.38. The lowest BCUT2D eigenvalue weighted by molar-refractivity contribution is -0.131. The van der Waals surface area contributed by atoms with E-state index in [2.05, 4.69) is 19.2 Å². The van der Waals surface area contributed by atoms with Crippen LogP contribution in [0.4, 0.5) is 0 Å². The average molecular weight is 263 g/mol. The molecule has 1 atom stereocenters. The van der Waals surface area contributed by atoms with Crippen LogP contribution in [0.1, 0.15) is 47.0 Å². The predicted octanol–water partition coefficient (Wildman–Crippen LogP) is 2.33. The van der Waals surface area contributed by atoms with E-state index in [-0.39, 0.29) is 29.8 Å². The molecule has 3 N–H and O–H groups in total. The van der Waals surface area contributed by atoms with Gasteiger partial charge < -0.3 is 11.1 Å². The van der Waals surface area contributed by atoms with Gasteiger partial charge in [0, 0.05) is 18.0 Å². The van der Waals surface area contributed by atoms with Crippen LogP contribution in [0.15, 0.2) is 0 Å². The number of nitrogens with one attached hydrogen (secondary N) is 1. The van der Waals surface area contributed by atoms with Gasteiger partial charge in [-0.15, -0.1) is 12.4 Å². The molecule has 102 valence electrons. The molecule has 1 amide bonds. The van der Waals surface area contributed by atoms with Gasteiger partial charge in [0.15, 0.2) is 0 Å².